The van der Waals surface area contributed by atoms with Gasteiger partial charge in [-0.05, 0) is 51.3 Å². The number of ether oxygens (including phenoxy) is 1. The third kappa shape index (κ3) is 6.50. The highest BCUT2D eigenvalue weighted by atomic mass is 35.5. The Morgan fingerprint density at radius 1 is 0.900 bits per heavy atom. The minimum Gasteiger partial charge on any atom is -0.444 e. The summed E-state index contributed by atoms with van der Waals surface area (Å²) in [5.41, 5.74) is 2.98. The second-order valence-electron chi connectivity index (χ2n) is 11.6. The van der Waals surface area contributed by atoms with Crippen molar-refractivity contribution >= 4 is 23.6 Å². The molecule has 2 fully saturated rings. The van der Waals surface area contributed by atoms with E-state index in [4.69, 9.17) is 16.3 Å². The smallest absolute Gasteiger partial charge is 0.410 e. The van der Waals surface area contributed by atoms with Crippen LogP contribution in [0, 0.1) is 0 Å². The summed E-state index contributed by atoms with van der Waals surface area (Å²) >= 11 is 6.58. The van der Waals surface area contributed by atoms with E-state index in [1.807, 2.05) is 60.7 Å². The number of hydrogen-bond donors (Lipinski definition) is 0. The molecule has 0 spiro atoms. The van der Waals surface area contributed by atoms with Crippen molar-refractivity contribution in [3.63, 3.8) is 0 Å². The SMILES string of the molecule is CC(C)(C)OC(=O)N1CCC(c2c(C(=O)N3CCN(Cc4ccccc4)CC3)cnn2-c2ccccc2Cl)CC1. The van der Waals surface area contributed by atoms with E-state index < -0.39 is 5.60 Å². The van der Waals surface area contributed by atoms with Crippen molar-refractivity contribution in [3.05, 3.63) is 82.6 Å². The lowest BCUT2D eigenvalue weighted by Gasteiger charge is -2.36. The maximum absolute atomic E-state index is 13.9. The number of carbonyl (C=O) groups is 2. The number of para-hydroxylation sites is 1. The van der Waals surface area contributed by atoms with Gasteiger partial charge in [0, 0.05) is 51.7 Å². The first-order chi connectivity index (χ1) is 19.2. The number of piperazine rings is 1. The first-order valence-corrected chi connectivity index (χ1v) is 14.4. The second kappa shape index (κ2) is 12.0. The number of rotatable bonds is 5. The van der Waals surface area contributed by atoms with Gasteiger partial charge >= 0.3 is 6.09 Å². The number of amides is 2. The Hall–Kier alpha value is -3.36. The molecule has 1 aromatic heterocycles. The zero-order valence-corrected chi connectivity index (χ0v) is 24.3. The molecule has 0 N–H and O–H groups in total. The molecule has 0 aliphatic carbocycles. The Balaban J connectivity index is 1.34. The topological polar surface area (TPSA) is 70.9 Å². The molecule has 2 aliphatic heterocycles. The third-order valence-corrected chi connectivity index (χ3v) is 7.88. The van der Waals surface area contributed by atoms with Gasteiger partial charge in [-0.1, -0.05) is 54.1 Å². The maximum atomic E-state index is 13.9. The van der Waals surface area contributed by atoms with Gasteiger partial charge in [-0.25, -0.2) is 9.48 Å². The van der Waals surface area contributed by atoms with Crippen LogP contribution in [0.3, 0.4) is 0 Å². The molecule has 3 heterocycles. The van der Waals surface area contributed by atoms with Crippen LogP contribution in [-0.2, 0) is 11.3 Å². The first-order valence-electron chi connectivity index (χ1n) is 14.1. The third-order valence-electron chi connectivity index (χ3n) is 7.56. The highest BCUT2D eigenvalue weighted by molar-refractivity contribution is 6.32. The fourth-order valence-electron chi connectivity index (χ4n) is 5.51. The van der Waals surface area contributed by atoms with Gasteiger partial charge in [-0.15, -0.1) is 0 Å². The quantitative estimate of drug-likeness (QED) is 0.404. The van der Waals surface area contributed by atoms with Crippen LogP contribution in [0.4, 0.5) is 4.79 Å². The van der Waals surface area contributed by atoms with E-state index in [1.165, 1.54) is 5.56 Å². The molecule has 2 aliphatic rings. The first kappa shape index (κ1) is 28.2. The number of aromatic nitrogens is 2. The van der Waals surface area contributed by atoms with E-state index >= 15 is 0 Å². The molecule has 3 aromatic rings. The van der Waals surface area contributed by atoms with Gasteiger partial charge in [-0.3, -0.25) is 9.69 Å². The summed E-state index contributed by atoms with van der Waals surface area (Å²) in [7, 11) is 0. The van der Waals surface area contributed by atoms with Crippen LogP contribution in [0.1, 0.15) is 61.1 Å². The molecular weight excluding hydrogens is 526 g/mol. The summed E-state index contributed by atoms with van der Waals surface area (Å²) in [5, 5.41) is 5.26. The minimum atomic E-state index is -0.540. The van der Waals surface area contributed by atoms with Gasteiger partial charge in [0.15, 0.2) is 0 Å². The molecule has 0 unspecified atom stereocenters. The van der Waals surface area contributed by atoms with Crippen LogP contribution in [-0.4, -0.2) is 81.4 Å². The second-order valence-corrected chi connectivity index (χ2v) is 12.0. The zero-order valence-electron chi connectivity index (χ0n) is 23.6. The number of benzene rings is 2. The van der Waals surface area contributed by atoms with Crippen molar-refractivity contribution in [2.24, 2.45) is 0 Å². The number of carbonyl (C=O) groups excluding carboxylic acids is 2. The Labute approximate surface area is 241 Å². The molecule has 0 saturated carbocycles. The van der Waals surface area contributed by atoms with E-state index in [2.05, 4.69) is 34.3 Å². The number of nitrogens with zero attached hydrogens (tertiary/aromatic N) is 5. The lowest BCUT2D eigenvalue weighted by molar-refractivity contribution is 0.0202. The van der Waals surface area contributed by atoms with Gasteiger partial charge in [0.05, 0.1) is 28.2 Å². The molecule has 0 atom stereocenters. The van der Waals surface area contributed by atoms with Crippen LogP contribution >= 0.6 is 11.6 Å². The van der Waals surface area contributed by atoms with Crippen molar-refractivity contribution in [1.29, 1.82) is 0 Å². The van der Waals surface area contributed by atoms with E-state index in [-0.39, 0.29) is 17.9 Å². The summed E-state index contributed by atoms with van der Waals surface area (Å²) in [6, 6.07) is 18.0. The Morgan fingerprint density at radius 3 is 2.20 bits per heavy atom. The normalized spacial score (nSPS) is 17.2. The molecule has 40 heavy (non-hydrogen) atoms. The van der Waals surface area contributed by atoms with Crippen molar-refractivity contribution in [2.75, 3.05) is 39.3 Å². The summed E-state index contributed by atoms with van der Waals surface area (Å²) in [4.78, 5) is 32.7. The largest absolute Gasteiger partial charge is 0.444 e. The van der Waals surface area contributed by atoms with Gasteiger partial charge in [0.25, 0.3) is 5.91 Å². The average molecular weight is 564 g/mol. The van der Waals surface area contributed by atoms with E-state index in [1.54, 1.807) is 11.1 Å². The molecular formula is C31H38ClN5O3. The molecule has 0 radical (unpaired) electrons. The van der Waals surface area contributed by atoms with E-state index in [0.717, 1.165) is 31.0 Å². The van der Waals surface area contributed by atoms with E-state index in [9.17, 15) is 9.59 Å². The maximum Gasteiger partial charge on any atom is 0.410 e. The Kier molecular flexibility index (Phi) is 8.47. The number of hydrogen-bond acceptors (Lipinski definition) is 5. The van der Waals surface area contributed by atoms with Crippen LogP contribution in [0.15, 0.2) is 60.8 Å². The predicted octanol–water partition coefficient (Wildman–Crippen LogP) is 5.60. The van der Waals surface area contributed by atoms with Crippen molar-refractivity contribution in [3.8, 4) is 5.69 Å². The summed E-state index contributed by atoms with van der Waals surface area (Å²) in [5.74, 6) is 0.0537. The summed E-state index contributed by atoms with van der Waals surface area (Å²) in [6.07, 6.45) is 2.81. The summed E-state index contributed by atoms with van der Waals surface area (Å²) in [6.45, 7) is 10.6. The van der Waals surface area contributed by atoms with Crippen LogP contribution in [0.2, 0.25) is 5.02 Å². The van der Waals surface area contributed by atoms with Gasteiger partial charge in [-0.2, -0.15) is 5.10 Å². The van der Waals surface area contributed by atoms with Gasteiger partial charge < -0.3 is 14.5 Å². The van der Waals surface area contributed by atoms with Crippen molar-refractivity contribution in [1.82, 2.24) is 24.5 Å². The average Bonchev–Trinajstić information content (AvgIpc) is 3.38. The lowest BCUT2D eigenvalue weighted by atomic mass is 9.90. The predicted molar refractivity (Wildman–Crippen MR) is 156 cm³/mol. The number of likely N-dealkylation sites (tertiary alicyclic amines) is 1. The fraction of sp³-hybridized carbons (Fsp3) is 0.452. The van der Waals surface area contributed by atoms with Crippen LogP contribution < -0.4 is 0 Å². The molecule has 2 aromatic carbocycles. The molecule has 2 amide bonds. The van der Waals surface area contributed by atoms with Crippen molar-refractivity contribution < 1.29 is 14.3 Å². The van der Waals surface area contributed by atoms with Crippen LogP contribution in [0.5, 0.6) is 0 Å². The molecule has 212 valence electrons. The van der Waals surface area contributed by atoms with Crippen molar-refractivity contribution in [2.45, 2.75) is 51.7 Å². The lowest BCUT2D eigenvalue weighted by Crippen LogP contribution is -2.48. The standard InChI is InChI=1S/C31H38ClN5O3/c1-31(2,3)40-30(39)36-15-13-24(14-16-36)28-25(21-33-37(28)27-12-8-7-11-26(27)32)29(38)35-19-17-34(18-20-35)22-23-9-5-4-6-10-23/h4-12,21,24H,13-20,22H2,1-3H3. The zero-order chi connectivity index (χ0) is 28.3. The molecule has 0 bridgehead atoms. The molecule has 2 saturated heterocycles. The number of piperidine rings is 1. The van der Waals surface area contributed by atoms with E-state index in [0.29, 0.717) is 49.6 Å². The molecule has 9 heteroatoms. The molecule has 5 rings (SSSR count). The Morgan fingerprint density at radius 2 is 1.55 bits per heavy atom. The highest BCUT2D eigenvalue weighted by Crippen LogP contribution is 2.34. The highest BCUT2D eigenvalue weighted by Gasteiger charge is 2.34. The fourth-order valence-corrected chi connectivity index (χ4v) is 5.73. The monoisotopic (exact) mass is 563 g/mol. The molecule has 8 nitrogen and oxygen atoms in total. The number of halogens is 1. The van der Waals surface area contributed by atoms with Crippen LogP contribution in [0.25, 0.3) is 5.69 Å². The minimum absolute atomic E-state index is 0.00207. The Bertz CT molecular complexity index is 1320. The van der Waals surface area contributed by atoms with Gasteiger partial charge in [0.1, 0.15) is 5.60 Å². The summed E-state index contributed by atoms with van der Waals surface area (Å²) < 4.78 is 7.41. The van der Waals surface area contributed by atoms with Gasteiger partial charge in [0.2, 0.25) is 0 Å².